The van der Waals surface area contributed by atoms with Gasteiger partial charge in [0.2, 0.25) is 0 Å². The van der Waals surface area contributed by atoms with E-state index in [1.54, 1.807) is 11.3 Å². The Balaban J connectivity index is 1.88. The largest absolute Gasteiger partial charge is 0.232 e. The van der Waals surface area contributed by atoms with Gasteiger partial charge in [0, 0.05) is 16.6 Å². The van der Waals surface area contributed by atoms with Crippen LogP contribution >= 0.6 is 11.3 Å². The van der Waals surface area contributed by atoms with Crippen LogP contribution in [0.3, 0.4) is 0 Å². The Kier molecular flexibility index (Phi) is 2.43. The van der Waals surface area contributed by atoms with Gasteiger partial charge in [-0.25, -0.2) is 9.50 Å². The van der Waals surface area contributed by atoms with E-state index in [4.69, 9.17) is 4.98 Å². The Morgan fingerprint density at radius 3 is 2.43 bits per heavy atom. The van der Waals surface area contributed by atoms with Crippen molar-refractivity contribution in [3.63, 3.8) is 0 Å². The topological polar surface area (TPSA) is 30.2 Å². The zero-order valence-corrected chi connectivity index (χ0v) is 13.8. The van der Waals surface area contributed by atoms with E-state index < -0.39 is 0 Å². The van der Waals surface area contributed by atoms with Crippen LogP contribution in [0.5, 0.6) is 0 Å². The molecule has 3 heterocycles. The van der Waals surface area contributed by atoms with Gasteiger partial charge in [0.1, 0.15) is 0 Å². The highest BCUT2D eigenvalue weighted by Crippen LogP contribution is 2.60. The van der Waals surface area contributed by atoms with Crippen molar-refractivity contribution >= 4 is 17.0 Å². The minimum atomic E-state index is -0.147. The maximum absolute atomic E-state index is 4.82. The first-order chi connectivity index (χ1) is 11.2. The van der Waals surface area contributed by atoms with Crippen LogP contribution < -0.4 is 0 Å². The normalized spacial score (nSPS) is 14.9. The van der Waals surface area contributed by atoms with E-state index in [1.807, 2.05) is 17.6 Å². The summed E-state index contributed by atoms with van der Waals surface area (Å²) < 4.78 is 1.97. The van der Waals surface area contributed by atoms with Crippen molar-refractivity contribution in [3.05, 3.63) is 87.0 Å². The molecule has 0 bridgehead atoms. The molecule has 1 aliphatic rings. The molecule has 4 heteroatoms. The van der Waals surface area contributed by atoms with Crippen LogP contribution in [0.15, 0.2) is 54.0 Å². The Labute approximate surface area is 138 Å². The molecule has 0 spiro atoms. The molecule has 3 nitrogen and oxygen atoms in total. The van der Waals surface area contributed by atoms with Crippen LogP contribution in [0.4, 0.5) is 0 Å². The van der Waals surface area contributed by atoms with E-state index >= 15 is 0 Å². The van der Waals surface area contributed by atoms with Crippen molar-refractivity contribution in [1.29, 1.82) is 0 Å². The highest BCUT2D eigenvalue weighted by atomic mass is 32.1. The van der Waals surface area contributed by atoms with Gasteiger partial charge in [-0.2, -0.15) is 5.10 Å². The number of aryl methyl sites for hydroxylation is 2. The number of nitrogens with zero attached hydrogens (tertiary/aromatic N) is 3. The van der Waals surface area contributed by atoms with E-state index in [0.29, 0.717) is 0 Å². The molecule has 1 aliphatic carbocycles. The lowest BCUT2D eigenvalue weighted by Crippen LogP contribution is -2.13. The van der Waals surface area contributed by atoms with Crippen molar-refractivity contribution in [1.82, 2.24) is 14.6 Å². The monoisotopic (exact) mass is 317 g/mol. The molecule has 5 rings (SSSR count). The molecule has 0 radical (unpaired) electrons. The molecule has 1 aromatic carbocycles. The lowest BCUT2D eigenvalue weighted by atomic mass is 9.90. The van der Waals surface area contributed by atoms with Crippen LogP contribution in [0.1, 0.15) is 33.0 Å². The fourth-order valence-electron chi connectivity index (χ4n) is 3.69. The van der Waals surface area contributed by atoms with Crippen LogP contribution in [0, 0.1) is 13.8 Å². The molecule has 4 aromatic rings. The molecule has 3 aromatic heterocycles. The summed E-state index contributed by atoms with van der Waals surface area (Å²) in [6.07, 6.45) is 1.89. The average Bonchev–Trinajstić information content (AvgIpc) is 2.88. The summed E-state index contributed by atoms with van der Waals surface area (Å²) in [4.78, 5) is 6.17. The number of rotatable bonds is 2. The van der Waals surface area contributed by atoms with Crippen molar-refractivity contribution in [2.24, 2.45) is 0 Å². The van der Waals surface area contributed by atoms with Gasteiger partial charge >= 0.3 is 0 Å². The first-order valence-electron chi connectivity index (χ1n) is 7.70. The molecule has 0 saturated carbocycles. The van der Waals surface area contributed by atoms with Gasteiger partial charge in [0.15, 0.2) is 5.65 Å². The summed E-state index contributed by atoms with van der Waals surface area (Å²) in [5.41, 5.74) is 6.96. The first kappa shape index (κ1) is 13.0. The van der Waals surface area contributed by atoms with Crippen LogP contribution in [-0.4, -0.2) is 14.6 Å². The van der Waals surface area contributed by atoms with Gasteiger partial charge in [0.05, 0.1) is 16.8 Å². The Morgan fingerprint density at radius 1 is 0.957 bits per heavy atom. The van der Waals surface area contributed by atoms with Crippen LogP contribution in [0.25, 0.3) is 5.65 Å². The van der Waals surface area contributed by atoms with Crippen molar-refractivity contribution < 1.29 is 0 Å². The standard InChI is InChI=1S/C19H15N3S/c1-12-13(2)22-18(21-12)16(9-10-20-22)19(17-8-5-11-23-17)14-6-3-4-7-15(14)19/h3-11H,1-2H3. The molecule has 23 heavy (non-hydrogen) atoms. The number of thiophene rings is 1. The molecule has 0 amide bonds. The Hall–Kier alpha value is -2.46. The van der Waals surface area contributed by atoms with Gasteiger partial charge in [-0.05, 0) is 42.5 Å². The van der Waals surface area contributed by atoms with Gasteiger partial charge in [-0.1, -0.05) is 30.3 Å². The van der Waals surface area contributed by atoms with Gasteiger partial charge in [-0.15, -0.1) is 11.3 Å². The number of hydrogen-bond donors (Lipinski definition) is 0. The minimum absolute atomic E-state index is 0.147. The van der Waals surface area contributed by atoms with E-state index in [1.165, 1.54) is 21.6 Å². The van der Waals surface area contributed by atoms with Crippen LogP contribution in [-0.2, 0) is 5.41 Å². The molecular weight excluding hydrogens is 302 g/mol. The van der Waals surface area contributed by atoms with Gasteiger partial charge in [0.25, 0.3) is 0 Å². The second kappa shape index (κ2) is 4.30. The highest BCUT2D eigenvalue weighted by molar-refractivity contribution is 7.10. The molecule has 0 atom stereocenters. The Bertz CT molecular complexity index is 1020. The van der Waals surface area contributed by atoms with Crippen LogP contribution in [0.2, 0.25) is 0 Å². The number of imidazole rings is 1. The number of benzene rings is 1. The summed E-state index contributed by atoms with van der Waals surface area (Å²) in [6, 6.07) is 15.2. The van der Waals surface area contributed by atoms with Gasteiger partial charge < -0.3 is 0 Å². The zero-order chi connectivity index (χ0) is 15.6. The second-order valence-corrected chi connectivity index (χ2v) is 6.98. The number of hydrogen-bond acceptors (Lipinski definition) is 3. The van der Waals surface area contributed by atoms with E-state index in [9.17, 15) is 0 Å². The molecule has 0 aliphatic heterocycles. The first-order valence-corrected chi connectivity index (χ1v) is 8.58. The maximum atomic E-state index is 4.82. The summed E-state index contributed by atoms with van der Waals surface area (Å²) >= 11 is 1.81. The predicted molar refractivity (Wildman–Crippen MR) is 92.2 cm³/mol. The Morgan fingerprint density at radius 2 is 1.74 bits per heavy atom. The second-order valence-electron chi connectivity index (χ2n) is 6.04. The van der Waals surface area contributed by atoms with Crippen molar-refractivity contribution in [3.8, 4) is 0 Å². The molecular formula is C19H15N3S. The maximum Gasteiger partial charge on any atom is 0.158 e. The third-order valence-corrected chi connectivity index (χ3v) is 5.94. The summed E-state index contributed by atoms with van der Waals surface area (Å²) in [5, 5.41) is 6.65. The lowest BCUT2D eigenvalue weighted by Gasteiger charge is -2.16. The summed E-state index contributed by atoms with van der Waals surface area (Å²) in [7, 11) is 0. The number of aromatic nitrogens is 3. The number of fused-ring (bicyclic) bond motifs is 2. The highest BCUT2D eigenvalue weighted by Gasteiger charge is 2.54. The summed E-state index contributed by atoms with van der Waals surface area (Å²) in [6.45, 7) is 4.12. The lowest BCUT2D eigenvalue weighted by molar-refractivity contribution is 0.853. The molecule has 0 saturated heterocycles. The molecule has 112 valence electrons. The molecule has 0 fully saturated rings. The SMILES string of the molecule is Cc1nc2c(C3(c4cccs4)c4ccccc43)ccnn2c1C. The fraction of sp³-hybridized carbons (Fsp3) is 0.158. The predicted octanol–water partition coefficient (Wildman–Crippen LogP) is 4.10. The molecule has 0 unspecified atom stereocenters. The smallest absolute Gasteiger partial charge is 0.158 e. The summed E-state index contributed by atoms with van der Waals surface area (Å²) in [5.74, 6) is 0. The van der Waals surface area contributed by atoms with E-state index in [-0.39, 0.29) is 5.41 Å². The minimum Gasteiger partial charge on any atom is -0.232 e. The third kappa shape index (κ3) is 1.49. The quantitative estimate of drug-likeness (QED) is 0.490. The van der Waals surface area contributed by atoms with Crippen molar-refractivity contribution in [2.75, 3.05) is 0 Å². The van der Waals surface area contributed by atoms with Crippen molar-refractivity contribution in [2.45, 2.75) is 19.3 Å². The average molecular weight is 317 g/mol. The van der Waals surface area contributed by atoms with E-state index in [2.05, 4.69) is 59.9 Å². The zero-order valence-electron chi connectivity index (χ0n) is 12.9. The van der Waals surface area contributed by atoms with E-state index in [0.717, 1.165) is 17.0 Å². The third-order valence-electron chi connectivity index (χ3n) is 4.95. The molecule has 0 N–H and O–H groups in total. The fourth-order valence-corrected chi connectivity index (χ4v) is 4.66. The van der Waals surface area contributed by atoms with Gasteiger partial charge in [-0.3, -0.25) is 0 Å².